The van der Waals surface area contributed by atoms with Gasteiger partial charge >= 0.3 is 0 Å². The van der Waals surface area contributed by atoms with Crippen LogP contribution in [0.5, 0.6) is 0 Å². The van der Waals surface area contributed by atoms with Gasteiger partial charge in [-0.3, -0.25) is 4.57 Å². The fourth-order valence-corrected chi connectivity index (χ4v) is 2.35. The second-order valence-corrected chi connectivity index (χ2v) is 4.79. The van der Waals surface area contributed by atoms with Crippen molar-refractivity contribution in [2.24, 2.45) is 0 Å². The molecule has 0 aliphatic heterocycles. The highest BCUT2D eigenvalue weighted by Gasteiger charge is 2.19. The number of anilines is 1. The lowest BCUT2D eigenvalue weighted by Gasteiger charge is -2.14. The summed E-state index contributed by atoms with van der Waals surface area (Å²) in [6.07, 6.45) is 0. The van der Waals surface area contributed by atoms with Crippen molar-refractivity contribution in [1.82, 2.24) is 4.57 Å². The number of aromatic nitrogens is 1. The molecule has 0 radical (unpaired) electrons. The van der Waals surface area contributed by atoms with E-state index >= 15 is 0 Å². The van der Waals surface area contributed by atoms with Gasteiger partial charge in [0.25, 0.3) is 0 Å². The van der Waals surface area contributed by atoms with Crippen molar-refractivity contribution in [3.05, 3.63) is 50.6 Å². The maximum Gasteiger partial charge on any atom is 0.131 e. The molecular formula is C14H6ClN5S. The molecule has 0 atom stereocenters. The minimum Gasteiger partial charge on any atom is -0.384 e. The summed E-state index contributed by atoms with van der Waals surface area (Å²) in [6.45, 7) is 0. The van der Waals surface area contributed by atoms with Crippen molar-refractivity contribution in [2.45, 2.75) is 0 Å². The summed E-state index contributed by atoms with van der Waals surface area (Å²) in [6, 6.07) is 12.1. The minimum absolute atomic E-state index is 0.0142. The Balaban J connectivity index is 2.96. The van der Waals surface area contributed by atoms with Crippen LogP contribution in [0.1, 0.15) is 16.7 Å². The third-order valence-electron chi connectivity index (χ3n) is 2.83. The van der Waals surface area contributed by atoms with Crippen molar-refractivity contribution in [2.75, 3.05) is 5.73 Å². The lowest BCUT2D eigenvalue weighted by molar-refractivity contribution is 1.02. The molecule has 0 bridgehead atoms. The molecule has 0 amide bonds. The number of nitrogens with two attached hydrogens (primary N) is 1. The molecule has 1 aromatic carbocycles. The average Bonchev–Trinajstić information content (AvgIpc) is 2.48. The SMILES string of the molecule is N#Cc1c(C#N)c(N)n(-c2ccc(Cl)cc2)c(=S)c1C#N. The lowest BCUT2D eigenvalue weighted by atomic mass is 10.1. The molecule has 1 aromatic heterocycles. The standard InChI is InChI=1S/C14H6ClN5S/c15-8-1-3-9(4-2-8)20-13(19)11(6-17)10(5-16)12(7-18)14(20)21/h1-4H,19H2. The zero-order valence-corrected chi connectivity index (χ0v) is 12.0. The number of rotatable bonds is 1. The van der Waals surface area contributed by atoms with Crippen LogP contribution in [-0.4, -0.2) is 4.57 Å². The average molecular weight is 312 g/mol. The predicted octanol–water partition coefficient (Wildman–Crippen LogP) is 3.06. The second kappa shape index (κ2) is 5.64. The van der Waals surface area contributed by atoms with Gasteiger partial charge < -0.3 is 5.73 Å². The first-order valence-electron chi connectivity index (χ1n) is 5.59. The molecule has 0 aliphatic carbocycles. The number of benzene rings is 1. The molecule has 7 heteroatoms. The summed E-state index contributed by atoms with van der Waals surface area (Å²) in [4.78, 5) is 0. The van der Waals surface area contributed by atoms with Crippen LogP contribution >= 0.6 is 23.8 Å². The van der Waals surface area contributed by atoms with Crippen LogP contribution in [0.25, 0.3) is 5.69 Å². The van der Waals surface area contributed by atoms with Crippen molar-refractivity contribution in [1.29, 1.82) is 15.8 Å². The van der Waals surface area contributed by atoms with Crippen LogP contribution in [0, 0.1) is 38.6 Å². The summed E-state index contributed by atoms with van der Waals surface area (Å²) in [7, 11) is 0. The van der Waals surface area contributed by atoms with E-state index in [4.69, 9.17) is 34.8 Å². The Morgan fingerprint density at radius 2 is 1.48 bits per heavy atom. The second-order valence-electron chi connectivity index (χ2n) is 3.96. The first kappa shape index (κ1) is 14.6. The van der Waals surface area contributed by atoms with Crippen molar-refractivity contribution < 1.29 is 0 Å². The van der Waals surface area contributed by atoms with Gasteiger partial charge in [0, 0.05) is 10.7 Å². The van der Waals surface area contributed by atoms with E-state index in [2.05, 4.69) is 0 Å². The number of nitrogens with zero attached hydrogens (tertiary/aromatic N) is 4. The molecule has 0 saturated carbocycles. The number of pyridine rings is 1. The van der Waals surface area contributed by atoms with Gasteiger partial charge in [0.05, 0.1) is 5.56 Å². The topological polar surface area (TPSA) is 102 Å². The summed E-state index contributed by atoms with van der Waals surface area (Å²) in [5.74, 6) is 0.0142. The van der Waals surface area contributed by atoms with Gasteiger partial charge in [-0.1, -0.05) is 23.8 Å². The van der Waals surface area contributed by atoms with Gasteiger partial charge in [0.15, 0.2) is 0 Å². The third-order valence-corrected chi connectivity index (χ3v) is 3.47. The highest BCUT2D eigenvalue weighted by molar-refractivity contribution is 7.71. The van der Waals surface area contributed by atoms with Gasteiger partial charge in [-0.2, -0.15) is 15.8 Å². The van der Waals surface area contributed by atoms with E-state index in [9.17, 15) is 10.5 Å². The van der Waals surface area contributed by atoms with Crippen LogP contribution in [-0.2, 0) is 0 Å². The predicted molar refractivity (Wildman–Crippen MR) is 80.2 cm³/mol. The Kier molecular flexibility index (Phi) is 3.91. The first-order chi connectivity index (χ1) is 10.0. The van der Waals surface area contributed by atoms with E-state index in [0.29, 0.717) is 10.7 Å². The Bertz CT molecular complexity index is 907. The van der Waals surface area contributed by atoms with Gasteiger partial charge in [-0.05, 0) is 24.3 Å². The summed E-state index contributed by atoms with van der Waals surface area (Å²) >= 11 is 11.1. The normalized spacial score (nSPS) is 9.43. The molecule has 0 spiro atoms. The number of nitrogen functional groups attached to an aromatic ring is 1. The zero-order valence-electron chi connectivity index (χ0n) is 10.5. The monoisotopic (exact) mass is 311 g/mol. The summed E-state index contributed by atoms with van der Waals surface area (Å²) in [5, 5.41) is 28.1. The molecule has 2 N–H and O–H groups in total. The van der Waals surface area contributed by atoms with E-state index < -0.39 is 0 Å². The zero-order chi connectivity index (χ0) is 15.6. The van der Waals surface area contributed by atoms with E-state index in [1.165, 1.54) is 4.57 Å². The number of nitriles is 3. The molecule has 0 aliphatic rings. The Morgan fingerprint density at radius 1 is 0.952 bits per heavy atom. The van der Waals surface area contributed by atoms with Crippen LogP contribution in [0.15, 0.2) is 24.3 Å². The molecular weight excluding hydrogens is 306 g/mol. The van der Waals surface area contributed by atoms with Crippen LogP contribution in [0.2, 0.25) is 5.02 Å². The van der Waals surface area contributed by atoms with Gasteiger partial charge in [-0.25, -0.2) is 0 Å². The van der Waals surface area contributed by atoms with Crippen molar-refractivity contribution >= 4 is 29.6 Å². The first-order valence-corrected chi connectivity index (χ1v) is 6.38. The molecule has 0 saturated heterocycles. The molecule has 2 rings (SSSR count). The maximum atomic E-state index is 9.20. The van der Waals surface area contributed by atoms with E-state index in [0.717, 1.165) is 0 Å². The molecule has 21 heavy (non-hydrogen) atoms. The Hall–Kier alpha value is -2.85. The highest BCUT2D eigenvalue weighted by atomic mass is 35.5. The molecule has 100 valence electrons. The van der Waals surface area contributed by atoms with E-state index in [1.807, 2.05) is 18.2 Å². The Labute approximate surface area is 130 Å². The van der Waals surface area contributed by atoms with Gasteiger partial charge in [-0.15, -0.1) is 0 Å². The molecule has 1 heterocycles. The van der Waals surface area contributed by atoms with Crippen LogP contribution in [0.4, 0.5) is 5.82 Å². The number of halogens is 1. The number of hydrogen-bond acceptors (Lipinski definition) is 5. The fourth-order valence-electron chi connectivity index (χ4n) is 1.87. The Morgan fingerprint density at radius 3 is 1.95 bits per heavy atom. The van der Waals surface area contributed by atoms with E-state index in [1.54, 1.807) is 24.3 Å². The van der Waals surface area contributed by atoms with Crippen LogP contribution < -0.4 is 5.73 Å². The van der Waals surface area contributed by atoms with Crippen LogP contribution in [0.3, 0.4) is 0 Å². The molecule has 2 aromatic rings. The van der Waals surface area contributed by atoms with Crippen molar-refractivity contribution in [3.63, 3.8) is 0 Å². The van der Waals surface area contributed by atoms with E-state index in [-0.39, 0.29) is 27.1 Å². The van der Waals surface area contributed by atoms with Crippen molar-refractivity contribution in [3.8, 4) is 23.9 Å². The molecule has 5 nitrogen and oxygen atoms in total. The van der Waals surface area contributed by atoms with Gasteiger partial charge in [0.2, 0.25) is 0 Å². The summed E-state index contributed by atoms with van der Waals surface area (Å²) < 4.78 is 1.46. The molecule has 0 fully saturated rings. The van der Waals surface area contributed by atoms with Gasteiger partial charge in [0.1, 0.15) is 39.8 Å². The fraction of sp³-hybridized carbons (Fsp3) is 0. The minimum atomic E-state index is -0.104. The largest absolute Gasteiger partial charge is 0.384 e. The molecule has 0 unspecified atom stereocenters. The lowest BCUT2D eigenvalue weighted by Crippen LogP contribution is -2.11. The third kappa shape index (κ3) is 2.32. The summed E-state index contributed by atoms with van der Waals surface area (Å²) in [5.41, 5.74) is 6.28. The number of hydrogen-bond donors (Lipinski definition) is 1. The quantitative estimate of drug-likeness (QED) is 0.815. The smallest absolute Gasteiger partial charge is 0.131 e. The highest BCUT2D eigenvalue weighted by Crippen LogP contribution is 2.26. The maximum absolute atomic E-state index is 9.20.